The van der Waals surface area contributed by atoms with Crippen LogP contribution >= 0.6 is 11.8 Å². The van der Waals surface area contributed by atoms with Gasteiger partial charge in [0.25, 0.3) is 0 Å². The maximum atomic E-state index is 12.9. The van der Waals surface area contributed by atoms with Crippen molar-refractivity contribution >= 4 is 29.8 Å². The van der Waals surface area contributed by atoms with Crippen LogP contribution in [0.3, 0.4) is 0 Å². The Morgan fingerprint density at radius 1 is 1.13 bits per heavy atom. The molecular formula is C27H34N6O4S. The fourth-order valence-electron chi connectivity index (χ4n) is 4.59. The highest BCUT2D eigenvalue weighted by atomic mass is 32.2. The predicted octanol–water partition coefficient (Wildman–Crippen LogP) is 4.23. The van der Waals surface area contributed by atoms with Gasteiger partial charge in [-0.15, -0.1) is 0 Å². The summed E-state index contributed by atoms with van der Waals surface area (Å²) in [5.74, 6) is 0.809. The van der Waals surface area contributed by atoms with E-state index >= 15 is 0 Å². The molecule has 0 saturated carbocycles. The Hall–Kier alpha value is -3.52. The number of anilines is 1. The molecule has 4 rings (SSSR count). The minimum absolute atomic E-state index is 0.184. The number of nitrogens with zero attached hydrogens (tertiary/aromatic N) is 6. The number of ether oxygens (including phenoxy) is 2. The van der Waals surface area contributed by atoms with Crippen LogP contribution in [0.2, 0.25) is 0 Å². The number of carbonyl (C=O) groups is 2. The maximum absolute atomic E-state index is 12.9. The summed E-state index contributed by atoms with van der Waals surface area (Å²) in [6.07, 6.45) is 1.92. The number of thioether (sulfide) groups is 1. The second-order valence-electron chi connectivity index (χ2n) is 10.3. The number of aromatic nitrogens is 2. The van der Waals surface area contributed by atoms with Crippen molar-refractivity contribution in [3.63, 3.8) is 0 Å². The Morgan fingerprint density at radius 3 is 2.58 bits per heavy atom. The zero-order chi connectivity index (χ0) is 27.3. The normalized spacial score (nSPS) is 17.4. The lowest BCUT2D eigenvalue weighted by atomic mass is 10.0. The second kappa shape index (κ2) is 11.9. The van der Waals surface area contributed by atoms with Crippen LogP contribution < -0.4 is 4.90 Å². The number of rotatable bonds is 5. The zero-order valence-corrected chi connectivity index (χ0v) is 23.2. The molecule has 0 bridgehead atoms. The average molecular weight is 539 g/mol. The van der Waals surface area contributed by atoms with Crippen molar-refractivity contribution < 1.29 is 19.1 Å². The molecule has 0 unspecified atom stereocenters. The first kappa shape index (κ1) is 27.5. The Kier molecular flexibility index (Phi) is 8.62. The first-order chi connectivity index (χ1) is 18.2. The molecule has 3 heterocycles. The molecule has 0 radical (unpaired) electrons. The summed E-state index contributed by atoms with van der Waals surface area (Å²) in [6, 6.07) is 11.4. The standard InChI is InChI=1S/C27H34N6O4S/c1-27(2,3)37-25(34)32-13-11-21-22(17-32)29-24(38-4)30-23(21)31-14-15-33(20(16-31)10-12-28)26(35)36-18-19-8-6-5-7-9-19/h5-9,20H,10-11,13-18H2,1-4H3/t20-/m0/s1. The largest absolute Gasteiger partial charge is 0.445 e. The van der Waals surface area contributed by atoms with Crippen LogP contribution in [0.1, 0.15) is 44.0 Å². The van der Waals surface area contributed by atoms with Crippen LogP contribution in [0.5, 0.6) is 0 Å². The lowest BCUT2D eigenvalue weighted by Crippen LogP contribution is -2.56. The number of carbonyl (C=O) groups excluding carboxylic acids is 2. The number of nitriles is 1. The molecule has 2 aromatic rings. The molecule has 2 aliphatic rings. The van der Waals surface area contributed by atoms with Gasteiger partial charge in [0.2, 0.25) is 0 Å². The predicted molar refractivity (Wildman–Crippen MR) is 144 cm³/mol. The van der Waals surface area contributed by atoms with Crippen molar-refractivity contribution in [2.75, 3.05) is 37.3 Å². The number of piperazine rings is 1. The van der Waals surface area contributed by atoms with Gasteiger partial charge in [0, 0.05) is 31.7 Å². The summed E-state index contributed by atoms with van der Waals surface area (Å²) in [6.45, 7) is 8.01. The van der Waals surface area contributed by atoms with Crippen molar-refractivity contribution in [1.82, 2.24) is 19.8 Å². The van der Waals surface area contributed by atoms with Crippen molar-refractivity contribution in [2.45, 2.75) is 63.6 Å². The number of hydrogen-bond donors (Lipinski definition) is 0. The third-order valence-electron chi connectivity index (χ3n) is 6.41. The van der Waals surface area contributed by atoms with Gasteiger partial charge in [-0.05, 0) is 39.0 Å². The van der Waals surface area contributed by atoms with Crippen molar-refractivity contribution in [3.8, 4) is 6.07 Å². The van der Waals surface area contributed by atoms with Crippen LogP contribution in [-0.2, 0) is 29.0 Å². The van der Waals surface area contributed by atoms with E-state index < -0.39 is 11.7 Å². The molecule has 38 heavy (non-hydrogen) atoms. The monoisotopic (exact) mass is 538 g/mol. The van der Waals surface area contributed by atoms with Gasteiger partial charge in [-0.1, -0.05) is 42.1 Å². The van der Waals surface area contributed by atoms with Gasteiger partial charge < -0.3 is 24.2 Å². The molecule has 1 aromatic carbocycles. The Morgan fingerprint density at radius 2 is 1.89 bits per heavy atom. The van der Waals surface area contributed by atoms with E-state index in [9.17, 15) is 14.9 Å². The Bertz CT molecular complexity index is 1200. The number of hydrogen-bond acceptors (Lipinski definition) is 9. The van der Waals surface area contributed by atoms with Crippen LogP contribution in [0.25, 0.3) is 0 Å². The van der Waals surface area contributed by atoms with Gasteiger partial charge in [0.05, 0.1) is 30.8 Å². The fourth-order valence-corrected chi connectivity index (χ4v) is 4.97. The summed E-state index contributed by atoms with van der Waals surface area (Å²) in [5.41, 5.74) is 2.14. The molecule has 1 atom stereocenters. The summed E-state index contributed by atoms with van der Waals surface area (Å²) in [7, 11) is 0. The molecule has 2 amide bonds. The van der Waals surface area contributed by atoms with Crippen LogP contribution in [0, 0.1) is 11.3 Å². The maximum Gasteiger partial charge on any atom is 0.410 e. The molecular weight excluding hydrogens is 504 g/mol. The smallest absolute Gasteiger partial charge is 0.410 e. The molecule has 2 aliphatic heterocycles. The minimum atomic E-state index is -0.573. The van der Waals surface area contributed by atoms with E-state index in [4.69, 9.17) is 19.4 Å². The second-order valence-corrected chi connectivity index (χ2v) is 11.1. The summed E-state index contributed by atoms with van der Waals surface area (Å²) < 4.78 is 11.1. The molecule has 1 fully saturated rings. The highest BCUT2D eigenvalue weighted by Crippen LogP contribution is 2.31. The molecule has 1 saturated heterocycles. The van der Waals surface area contributed by atoms with Crippen LogP contribution in [-0.4, -0.2) is 76.0 Å². The first-order valence-corrected chi connectivity index (χ1v) is 13.9. The average Bonchev–Trinajstić information content (AvgIpc) is 2.90. The van der Waals surface area contributed by atoms with Gasteiger partial charge in [-0.25, -0.2) is 19.6 Å². The topological polar surface area (TPSA) is 112 Å². The molecule has 202 valence electrons. The lowest BCUT2D eigenvalue weighted by Gasteiger charge is -2.41. The van der Waals surface area contributed by atoms with E-state index in [1.165, 1.54) is 11.8 Å². The Labute approximate surface area is 227 Å². The Balaban J connectivity index is 1.50. The molecule has 0 spiro atoms. The van der Waals surface area contributed by atoms with E-state index in [-0.39, 0.29) is 25.2 Å². The van der Waals surface area contributed by atoms with Crippen molar-refractivity contribution in [2.24, 2.45) is 0 Å². The number of amides is 2. The number of benzene rings is 1. The van der Waals surface area contributed by atoms with E-state index in [2.05, 4.69) is 11.0 Å². The van der Waals surface area contributed by atoms with E-state index in [0.29, 0.717) is 44.3 Å². The van der Waals surface area contributed by atoms with Crippen molar-refractivity contribution in [3.05, 3.63) is 47.2 Å². The first-order valence-electron chi connectivity index (χ1n) is 12.7. The van der Waals surface area contributed by atoms with E-state index in [0.717, 1.165) is 22.6 Å². The third-order valence-corrected chi connectivity index (χ3v) is 6.95. The summed E-state index contributed by atoms with van der Waals surface area (Å²) in [4.78, 5) is 40.6. The summed E-state index contributed by atoms with van der Waals surface area (Å²) >= 11 is 1.44. The highest BCUT2D eigenvalue weighted by Gasteiger charge is 2.35. The van der Waals surface area contributed by atoms with Gasteiger partial charge >= 0.3 is 12.2 Å². The third kappa shape index (κ3) is 6.67. The van der Waals surface area contributed by atoms with Gasteiger partial charge in [-0.2, -0.15) is 5.26 Å². The molecule has 0 aliphatic carbocycles. The summed E-state index contributed by atoms with van der Waals surface area (Å²) in [5, 5.41) is 10.1. The van der Waals surface area contributed by atoms with Gasteiger partial charge in [0.1, 0.15) is 18.0 Å². The van der Waals surface area contributed by atoms with Gasteiger partial charge in [-0.3, -0.25) is 0 Å². The van der Waals surface area contributed by atoms with Crippen LogP contribution in [0.15, 0.2) is 35.5 Å². The molecule has 1 aromatic heterocycles. The van der Waals surface area contributed by atoms with Crippen molar-refractivity contribution in [1.29, 1.82) is 5.26 Å². The molecule has 11 heteroatoms. The molecule has 10 nitrogen and oxygen atoms in total. The zero-order valence-electron chi connectivity index (χ0n) is 22.3. The fraction of sp³-hybridized carbons (Fsp3) is 0.519. The lowest BCUT2D eigenvalue weighted by molar-refractivity contribution is 0.0220. The minimum Gasteiger partial charge on any atom is -0.445 e. The number of fused-ring (bicyclic) bond motifs is 1. The molecule has 0 N–H and O–H groups in total. The van der Waals surface area contributed by atoms with Gasteiger partial charge in [0.15, 0.2) is 5.16 Å². The van der Waals surface area contributed by atoms with E-state index in [1.807, 2.05) is 57.4 Å². The van der Waals surface area contributed by atoms with Crippen LogP contribution in [0.4, 0.5) is 15.4 Å². The van der Waals surface area contributed by atoms with E-state index in [1.54, 1.807) is 9.80 Å². The quantitative estimate of drug-likeness (QED) is 0.408. The highest BCUT2D eigenvalue weighted by molar-refractivity contribution is 7.98. The SMILES string of the molecule is CSc1nc2c(c(N3CCN(C(=O)OCc4ccccc4)[C@@H](CC#N)C3)n1)CCN(C(=O)OC(C)(C)C)C2.